The second kappa shape index (κ2) is 11.6. The minimum atomic E-state index is -0.611. The van der Waals surface area contributed by atoms with Crippen molar-refractivity contribution in [1.29, 1.82) is 0 Å². The van der Waals surface area contributed by atoms with E-state index in [1.54, 1.807) is 26.2 Å². The lowest BCUT2D eigenvalue weighted by molar-refractivity contribution is -0.133. The van der Waals surface area contributed by atoms with Crippen LogP contribution in [0.15, 0.2) is 47.7 Å². The van der Waals surface area contributed by atoms with Crippen LogP contribution < -0.4 is 30.2 Å². The summed E-state index contributed by atoms with van der Waals surface area (Å²) in [7, 11) is 4.66. The normalized spacial score (nSPS) is 20.2. The third kappa shape index (κ3) is 5.49. The number of benzene rings is 2. The van der Waals surface area contributed by atoms with Gasteiger partial charge in [0, 0.05) is 36.7 Å². The second-order valence-electron chi connectivity index (χ2n) is 12.0. The molecule has 2 aromatic rings. The molecular formula is C32H40N4O6. The van der Waals surface area contributed by atoms with Crippen LogP contribution in [0.25, 0.3) is 0 Å². The summed E-state index contributed by atoms with van der Waals surface area (Å²) in [6, 6.07) is 10.9. The number of ether oxygens (including phenoxy) is 3. The SMILES string of the molecule is COc1cc([C@@H]2C3=C(CC(C)(C)CC3=O)Nc3ccccc3N2CC(=O)N2CCC(C(N)=O)CC2)cc(OC)c1OC. The number of carbonyl (C=O) groups excluding carboxylic acids is 3. The molecule has 3 N–H and O–H groups in total. The predicted molar refractivity (Wildman–Crippen MR) is 160 cm³/mol. The summed E-state index contributed by atoms with van der Waals surface area (Å²) < 4.78 is 17.0. The van der Waals surface area contributed by atoms with E-state index in [4.69, 9.17) is 19.9 Å². The van der Waals surface area contributed by atoms with Crippen LogP contribution >= 0.6 is 0 Å². The van der Waals surface area contributed by atoms with Crippen LogP contribution in [0.5, 0.6) is 17.2 Å². The average Bonchev–Trinajstić information content (AvgIpc) is 3.10. The molecule has 1 aliphatic carbocycles. The number of Topliss-reactive ketones (excluding diaryl/α,β-unsaturated/α-hetero) is 1. The Hall–Kier alpha value is -4.21. The maximum absolute atomic E-state index is 14.0. The molecule has 10 nitrogen and oxygen atoms in total. The van der Waals surface area contributed by atoms with Crippen molar-refractivity contribution in [2.75, 3.05) is 51.2 Å². The second-order valence-corrected chi connectivity index (χ2v) is 12.0. The van der Waals surface area contributed by atoms with Crippen molar-refractivity contribution in [2.45, 2.75) is 45.6 Å². The molecule has 0 saturated carbocycles. The monoisotopic (exact) mass is 576 g/mol. The van der Waals surface area contributed by atoms with Crippen LogP contribution in [0.1, 0.15) is 51.1 Å². The zero-order valence-corrected chi connectivity index (χ0v) is 25.0. The van der Waals surface area contributed by atoms with Gasteiger partial charge >= 0.3 is 0 Å². The fraction of sp³-hybridized carbons (Fsp3) is 0.469. The van der Waals surface area contributed by atoms with Gasteiger partial charge in [0.05, 0.1) is 45.3 Å². The maximum Gasteiger partial charge on any atom is 0.242 e. The first kappa shape index (κ1) is 29.3. The number of hydrogen-bond acceptors (Lipinski definition) is 8. The van der Waals surface area contributed by atoms with Crippen LogP contribution in [-0.2, 0) is 14.4 Å². The number of piperidine rings is 1. The summed E-state index contributed by atoms with van der Waals surface area (Å²) in [4.78, 5) is 43.5. The van der Waals surface area contributed by atoms with Crippen molar-refractivity contribution >= 4 is 29.0 Å². The zero-order valence-electron chi connectivity index (χ0n) is 25.0. The van der Waals surface area contributed by atoms with Gasteiger partial charge < -0.3 is 35.1 Å². The van der Waals surface area contributed by atoms with Gasteiger partial charge in [0.15, 0.2) is 17.3 Å². The predicted octanol–water partition coefficient (Wildman–Crippen LogP) is 4.05. The third-order valence-electron chi connectivity index (χ3n) is 8.56. The number of primary amides is 1. The standard InChI is InChI=1S/C32H40N4O6/c1-32(2)16-22-28(24(37)17-32)29(20-14-25(40-3)30(42-5)26(15-20)41-4)36(23-9-7-6-8-21(23)34-22)18-27(38)35-12-10-19(11-13-35)31(33)39/h6-9,14-15,19,29,34H,10-13,16-18H2,1-5H3,(H2,33,39)/t29-/m1/s1. The molecule has 0 bridgehead atoms. The summed E-state index contributed by atoms with van der Waals surface area (Å²) in [6.07, 6.45) is 2.13. The number of methoxy groups -OCH3 is 3. The van der Waals surface area contributed by atoms with Gasteiger partial charge in [-0.2, -0.15) is 0 Å². The van der Waals surface area contributed by atoms with Gasteiger partial charge in [0.25, 0.3) is 0 Å². The smallest absolute Gasteiger partial charge is 0.242 e. The van der Waals surface area contributed by atoms with E-state index in [0.717, 1.165) is 22.6 Å². The number of allylic oxidation sites excluding steroid dienone is 1. The molecule has 0 radical (unpaired) electrons. The van der Waals surface area contributed by atoms with E-state index in [-0.39, 0.29) is 35.5 Å². The molecule has 0 spiro atoms. The number of carbonyl (C=O) groups is 3. The van der Waals surface area contributed by atoms with E-state index >= 15 is 0 Å². The van der Waals surface area contributed by atoms with Crippen LogP contribution in [0, 0.1) is 11.3 Å². The van der Waals surface area contributed by atoms with Crippen LogP contribution in [0.2, 0.25) is 0 Å². The first-order chi connectivity index (χ1) is 20.1. The van der Waals surface area contributed by atoms with E-state index in [0.29, 0.717) is 61.6 Å². The molecule has 42 heavy (non-hydrogen) atoms. The highest BCUT2D eigenvalue weighted by molar-refractivity contribution is 6.02. The molecule has 224 valence electrons. The number of anilines is 2. The lowest BCUT2D eigenvalue weighted by Crippen LogP contribution is -2.47. The highest BCUT2D eigenvalue weighted by Crippen LogP contribution is 2.50. The number of likely N-dealkylation sites (tertiary alicyclic amines) is 1. The fourth-order valence-electron chi connectivity index (χ4n) is 6.49. The lowest BCUT2D eigenvalue weighted by Gasteiger charge is -2.39. The molecular weight excluding hydrogens is 536 g/mol. The molecule has 2 aromatic carbocycles. The summed E-state index contributed by atoms with van der Waals surface area (Å²) in [5.74, 6) is 0.764. The van der Waals surface area contributed by atoms with Crippen molar-refractivity contribution in [3.05, 3.63) is 53.2 Å². The summed E-state index contributed by atoms with van der Waals surface area (Å²) in [5, 5.41) is 3.58. The average molecular weight is 577 g/mol. The molecule has 3 aliphatic rings. The number of nitrogens with two attached hydrogens (primary N) is 1. The van der Waals surface area contributed by atoms with Crippen molar-refractivity contribution in [1.82, 2.24) is 4.90 Å². The molecule has 10 heteroatoms. The molecule has 0 aromatic heterocycles. The number of amides is 2. The number of nitrogens with zero attached hydrogens (tertiary/aromatic N) is 2. The van der Waals surface area contributed by atoms with Gasteiger partial charge in [-0.3, -0.25) is 14.4 Å². The Balaban J connectivity index is 1.66. The topological polar surface area (TPSA) is 123 Å². The van der Waals surface area contributed by atoms with Gasteiger partial charge in [0.1, 0.15) is 0 Å². The van der Waals surface area contributed by atoms with Gasteiger partial charge in [-0.15, -0.1) is 0 Å². The zero-order chi connectivity index (χ0) is 30.2. The molecule has 0 unspecified atom stereocenters. The molecule has 5 rings (SSSR count). The number of rotatable bonds is 7. The van der Waals surface area contributed by atoms with Crippen molar-refractivity contribution < 1.29 is 28.6 Å². The van der Waals surface area contributed by atoms with Gasteiger partial charge in [-0.1, -0.05) is 26.0 Å². The molecule has 2 amide bonds. The Bertz CT molecular complexity index is 1400. The maximum atomic E-state index is 14.0. The van der Waals surface area contributed by atoms with Crippen molar-refractivity contribution in [3.63, 3.8) is 0 Å². The van der Waals surface area contributed by atoms with Crippen molar-refractivity contribution in [3.8, 4) is 17.2 Å². The van der Waals surface area contributed by atoms with E-state index in [1.807, 2.05) is 41.3 Å². The lowest BCUT2D eigenvalue weighted by atomic mass is 9.73. The molecule has 1 saturated heterocycles. The quantitative estimate of drug-likeness (QED) is 0.506. The molecule has 1 fully saturated rings. The van der Waals surface area contributed by atoms with E-state index in [9.17, 15) is 14.4 Å². The molecule has 2 aliphatic heterocycles. The fourth-order valence-corrected chi connectivity index (χ4v) is 6.49. The number of ketones is 1. The van der Waals surface area contributed by atoms with Crippen LogP contribution in [0.4, 0.5) is 11.4 Å². The van der Waals surface area contributed by atoms with Crippen LogP contribution in [0.3, 0.4) is 0 Å². The number of nitrogens with one attached hydrogen (secondary N) is 1. The number of fused-ring (bicyclic) bond motifs is 1. The minimum Gasteiger partial charge on any atom is -0.493 e. The van der Waals surface area contributed by atoms with Crippen molar-refractivity contribution in [2.24, 2.45) is 17.1 Å². The molecule has 1 atom stereocenters. The number of hydrogen-bond donors (Lipinski definition) is 2. The summed E-state index contributed by atoms with van der Waals surface area (Å²) in [6.45, 7) is 5.12. The van der Waals surface area contributed by atoms with Gasteiger partial charge in [-0.25, -0.2) is 0 Å². The first-order valence-corrected chi connectivity index (χ1v) is 14.3. The number of para-hydroxylation sites is 2. The Morgan fingerprint density at radius 3 is 2.24 bits per heavy atom. The Morgan fingerprint density at radius 2 is 1.64 bits per heavy atom. The van der Waals surface area contributed by atoms with E-state index in [1.165, 1.54) is 0 Å². The summed E-state index contributed by atoms with van der Waals surface area (Å²) >= 11 is 0. The molecule has 2 heterocycles. The summed E-state index contributed by atoms with van der Waals surface area (Å²) in [5.41, 5.74) is 9.14. The Morgan fingerprint density at radius 1 is 1.00 bits per heavy atom. The highest BCUT2D eigenvalue weighted by Gasteiger charge is 2.43. The first-order valence-electron chi connectivity index (χ1n) is 14.3. The largest absolute Gasteiger partial charge is 0.493 e. The van der Waals surface area contributed by atoms with Gasteiger partial charge in [-0.05, 0) is 54.5 Å². The Labute approximate surface area is 246 Å². The highest BCUT2D eigenvalue weighted by atomic mass is 16.5. The Kier molecular flexibility index (Phi) is 8.08. The van der Waals surface area contributed by atoms with E-state index < -0.39 is 6.04 Å². The van der Waals surface area contributed by atoms with Crippen LogP contribution in [-0.4, -0.2) is 63.5 Å². The third-order valence-corrected chi connectivity index (χ3v) is 8.56. The van der Waals surface area contributed by atoms with Gasteiger partial charge in [0.2, 0.25) is 17.6 Å². The van der Waals surface area contributed by atoms with E-state index in [2.05, 4.69) is 19.2 Å². The minimum absolute atomic E-state index is 0.0225.